The number of benzene rings is 2. The molecule has 0 heterocycles. The molecule has 9 heteroatoms. The van der Waals surface area contributed by atoms with E-state index >= 15 is 0 Å². The van der Waals surface area contributed by atoms with Crippen molar-refractivity contribution in [1.82, 2.24) is 10.6 Å². The minimum Gasteiger partial charge on any atom is -0.480 e. The lowest BCUT2D eigenvalue weighted by molar-refractivity contribution is -0.142. The molecule has 2 atom stereocenters. The molecule has 2 aromatic rings. The van der Waals surface area contributed by atoms with Gasteiger partial charge in [0.2, 0.25) is 5.91 Å². The van der Waals surface area contributed by atoms with Crippen molar-refractivity contribution in [1.29, 1.82) is 0 Å². The van der Waals surface area contributed by atoms with Gasteiger partial charge in [-0.2, -0.15) is 0 Å². The highest BCUT2D eigenvalue weighted by molar-refractivity contribution is 5.84. The first-order valence-corrected chi connectivity index (χ1v) is 9.22. The Hall–Kier alpha value is -3.46. The predicted octanol–water partition coefficient (Wildman–Crippen LogP) is 1.61. The van der Waals surface area contributed by atoms with E-state index in [2.05, 4.69) is 10.6 Å². The summed E-state index contributed by atoms with van der Waals surface area (Å²) >= 11 is 0. The molecule has 0 bridgehead atoms. The normalized spacial score (nSPS) is 12.5. The highest BCUT2D eigenvalue weighted by Gasteiger charge is 2.22. The molecule has 0 radical (unpaired) electrons. The number of rotatable bonds is 10. The number of ether oxygens (including phenoxy) is 1. The van der Waals surface area contributed by atoms with Crippen LogP contribution >= 0.6 is 0 Å². The minimum absolute atomic E-state index is 0.0592. The van der Waals surface area contributed by atoms with E-state index in [9.17, 15) is 29.0 Å². The van der Waals surface area contributed by atoms with Crippen LogP contribution in [0.2, 0.25) is 0 Å². The number of hydrogen-bond donors (Lipinski definition) is 4. The number of aliphatic hydroxyl groups is 1. The third kappa shape index (κ3) is 8.27. The Labute approximate surface area is 172 Å². The Morgan fingerprint density at radius 2 is 1.73 bits per heavy atom. The average Bonchev–Trinajstić information content (AvgIpc) is 2.71. The molecule has 8 nitrogen and oxygen atoms in total. The summed E-state index contributed by atoms with van der Waals surface area (Å²) in [5.74, 6) is -2.51. The smallest absolute Gasteiger partial charge is 0.407 e. The first-order valence-electron chi connectivity index (χ1n) is 9.22. The van der Waals surface area contributed by atoms with Gasteiger partial charge in [0.15, 0.2) is 0 Å². The number of carboxylic acid groups (broad SMARTS) is 1. The largest absolute Gasteiger partial charge is 0.480 e. The fourth-order valence-corrected chi connectivity index (χ4v) is 2.61. The van der Waals surface area contributed by atoms with Crippen LogP contribution in [0.25, 0.3) is 0 Å². The third-order valence-electron chi connectivity index (χ3n) is 4.08. The summed E-state index contributed by atoms with van der Waals surface area (Å²) in [4.78, 5) is 35.0. The van der Waals surface area contributed by atoms with E-state index in [1.807, 2.05) is 6.07 Å². The molecule has 0 saturated heterocycles. The highest BCUT2D eigenvalue weighted by atomic mass is 19.1. The molecule has 0 fully saturated rings. The number of nitrogens with one attached hydrogen (secondary N) is 2. The Morgan fingerprint density at radius 3 is 2.40 bits per heavy atom. The van der Waals surface area contributed by atoms with Gasteiger partial charge in [-0.25, -0.2) is 14.0 Å². The zero-order chi connectivity index (χ0) is 21.9. The fraction of sp³-hybridized carbons (Fsp3) is 0.286. The van der Waals surface area contributed by atoms with Crippen LogP contribution < -0.4 is 10.6 Å². The van der Waals surface area contributed by atoms with Crippen LogP contribution in [0, 0.1) is 5.82 Å². The van der Waals surface area contributed by atoms with Gasteiger partial charge >= 0.3 is 12.1 Å². The van der Waals surface area contributed by atoms with E-state index in [0.29, 0.717) is 5.56 Å². The number of carbonyl (C=O) groups excluding carboxylic acids is 2. The standard InChI is InChI=1S/C21H23FN2O6/c22-16-8-4-7-15(9-16)10-18(20(27)28)24-19(26)11-17(25)12-23-21(29)30-13-14-5-2-1-3-6-14/h1-9,17-18,25H,10-13H2,(H,23,29)(H,24,26)(H,27,28)/t17-,18+/m1/s1. The summed E-state index contributed by atoms with van der Waals surface area (Å²) in [5.41, 5.74) is 1.21. The van der Waals surface area contributed by atoms with Crippen molar-refractivity contribution in [2.24, 2.45) is 0 Å². The van der Waals surface area contributed by atoms with Crippen LogP contribution in [0.1, 0.15) is 17.5 Å². The highest BCUT2D eigenvalue weighted by Crippen LogP contribution is 2.07. The van der Waals surface area contributed by atoms with Crippen LogP contribution in [-0.4, -0.2) is 46.9 Å². The minimum atomic E-state index is -1.29. The summed E-state index contributed by atoms with van der Waals surface area (Å²) in [6.07, 6.45) is -2.53. The van der Waals surface area contributed by atoms with Gasteiger partial charge in [-0.3, -0.25) is 4.79 Å². The molecule has 2 rings (SSSR count). The van der Waals surface area contributed by atoms with E-state index in [-0.39, 0.29) is 19.6 Å². The number of amides is 2. The van der Waals surface area contributed by atoms with Gasteiger partial charge < -0.3 is 25.6 Å². The summed E-state index contributed by atoms with van der Waals surface area (Å²) in [7, 11) is 0. The number of carboxylic acids is 1. The SMILES string of the molecule is O=C(C[C@@H](O)CNC(=O)OCc1ccccc1)N[C@@H](Cc1cccc(F)c1)C(=O)O. The van der Waals surface area contributed by atoms with Crippen LogP contribution in [0.15, 0.2) is 54.6 Å². The first kappa shape index (κ1) is 22.8. The van der Waals surface area contributed by atoms with Crippen LogP contribution in [0.3, 0.4) is 0 Å². The molecular formula is C21H23FN2O6. The Kier molecular flexibility index (Phi) is 8.76. The zero-order valence-electron chi connectivity index (χ0n) is 16.1. The quantitative estimate of drug-likeness (QED) is 0.465. The van der Waals surface area contributed by atoms with E-state index in [1.165, 1.54) is 18.2 Å². The Morgan fingerprint density at radius 1 is 1.03 bits per heavy atom. The number of hydrogen-bond acceptors (Lipinski definition) is 5. The second-order valence-electron chi connectivity index (χ2n) is 6.59. The Bertz CT molecular complexity index is 862. The van der Waals surface area contributed by atoms with Crippen molar-refractivity contribution in [2.45, 2.75) is 31.6 Å². The van der Waals surface area contributed by atoms with Gasteiger partial charge in [0.25, 0.3) is 0 Å². The van der Waals surface area contributed by atoms with Crippen molar-refractivity contribution in [3.05, 3.63) is 71.5 Å². The van der Waals surface area contributed by atoms with Crippen molar-refractivity contribution in [2.75, 3.05) is 6.54 Å². The molecule has 0 aliphatic rings. The summed E-state index contributed by atoms with van der Waals surface area (Å²) in [6.45, 7) is -0.188. The predicted molar refractivity (Wildman–Crippen MR) is 105 cm³/mol. The lowest BCUT2D eigenvalue weighted by Gasteiger charge is -2.17. The zero-order valence-corrected chi connectivity index (χ0v) is 16.1. The fourth-order valence-electron chi connectivity index (χ4n) is 2.61. The van der Waals surface area contributed by atoms with Crippen molar-refractivity contribution in [3.8, 4) is 0 Å². The molecular weight excluding hydrogens is 395 g/mol. The topological polar surface area (TPSA) is 125 Å². The maximum atomic E-state index is 13.2. The monoisotopic (exact) mass is 418 g/mol. The Balaban J connectivity index is 1.73. The first-order chi connectivity index (χ1) is 14.3. The summed E-state index contributed by atoms with van der Waals surface area (Å²) < 4.78 is 18.2. The average molecular weight is 418 g/mol. The number of aliphatic carboxylic acids is 1. The number of alkyl carbamates (subject to hydrolysis) is 1. The van der Waals surface area contributed by atoms with Crippen molar-refractivity contribution >= 4 is 18.0 Å². The van der Waals surface area contributed by atoms with Gasteiger partial charge in [-0.05, 0) is 23.3 Å². The van der Waals surface area contributed by atoms with E-state index in [1.54, 1.807) is 30.3 Å². The van der Waals surface area contributed by atoms with Crippen LogP contribution in [-0.2, 0) is 27.4 Å². The maximum Gasteiger partial charge on any atom is 0.407 e. The second kappa shape index (κ2) is 11.5. The van der Waals surface area contributed by atoms with Gasteiger partial charge in [0.05, 0.1) is 12.5 Å². The molecule has 4 N–H and O–H groups in total. The number of carbonyl (C=O) groups is 3. The molecule has 0 spiro atoms. The third-order valence-corrected chi connectivity index (χ3v) is 4.08. The van der Waals surface area contributed by atoms with E-state index in [0.717, 1.165) is 5.56 Å². The second-order valence-corrected chi connectivity index (χ2v) is 6.59. The van der Waals surface area contributed by atoms with Crippen LogP contribution in [0.5, 0.6) is 0 Å². The number of halogens is 1. The van der Waals surface area contributed by atoms with E-state index in [4.69, 9.17) is 4.74 Å². The van der Waals surface area contributed by atoms with Crippen molar-refractivity contribution < 1.29 is 33.7 Å². The van der Waals surface area contributed by atoms with Gasteiger partial charge in [0.1, 0.15) is 18.5 Å². The van der Waals surface area contributed by atoms with Gasteiger partial charge in [0, 0.05) is 13.0 Å². The lowest BCUT2D eigenvalue weighted by atomic mass is 10.1. The maximum absolute atomic E-state index is 13.2. The molecule has 0 aliphatic carbocycles. The summed E-state index contributed by atoms with van der Waals surface area (Å²) in [5, 5.41) is 23.8. The van der Waals surface area contributed by atoms with Gasteiger partial charge in [-0.1, -0.05) is 42.5 Å². The number of aliphatic hydroxyl groups excluding tert-OH is 1. The molecule has 0 aromatic heterocycles. The molecule has 30 heavy (non-hydrogen) atoms. The molecule has 0 saturated carbocycles. The van der Waals surface area contributed by atoms with E-state index < -0.39 is 42.4 Å². The molecule has 0 unspecified atom stereocenters. The molecule has 2 amide bonds. The van der Waals surface area contributed by atoms with Crippen LogP contribution in [0.4, 0.5) is 9.18 Å². The molecule has 2 aromatic carbocycles. The van der Waals surface area contributed by atoms with Gasteiger partial charge in [-0.15, -0.1) is 0 Å². The van der Waals surface area contributed by atoms with Crippen molar-refractivity contribution in [3.63, 3.8) is 0 Å². The molecule has 160 valence electrons. The lowest BCUT2D eigenvalue weighted by Crippen LogP contribution is -2.44. The molecule has 0 aliphatic heterocycles. The summed E-state index contributed by atoms with van der Waals surface area (Å²) in [6, 6.07) is 13.1.